The highest BCUT2D eigenvalue weighted by atomic mass is 16.7. The molecule has 1 aliphatic rings. The lowest BCUT2D eigenvalue weighted by atomic mass is 10.1. The summed E-state index contributed by atoms with van der Waals surface area (Å²) in [5.74, 6) is -0.358. The third-order valence-corrected chi connectivity index (χ3v) is 3.20. The Hall–Kier alpha value is -0.340. The summed E-state index contributed by atoms with van der Waals surface area (Å²) in [5, 5.41) is 0. The highest BCUT2D eigenvalue weighted by Gasteiger charge is 2.34. The van der Waals surface area contributed by atoms with Gasteiger partial charge in [-0.2, -0.15) is 0 Å². The molecule has 0 aromatic heterocycles. The fourth-order valence-corrected chi connectivity index (χ4v) is 2.12. The largest absolute Gasteiger partial charge is 0.347 e. The van der Waals surface area contributed by atoms with E-state index in [9.17, 15) is 0 Å². The lowest BCUT2D eigenvalue weighted by Gasteiger charge is -2.22. The number of hydrogen-bond acceptors (Lipinski definition) is 2. The van der Waals surface area contributed by atoms with Crippen LogP contribution in [0.15, 0.2) is 12.7 Å². The van der Waals surface area contributed by atoms with Gasteiger partial charge in [-0.05, 0) is 13.3 Å². The highest BCUT2D eigenvalue weighted by molar-refractivity contribution is 4.86. The Labute approximate surface area is 100 Å². The minimum atomic E-state index is -0.358. The van der Waals surface area contributed by atoms with Gasteiger partial charge in [0.25, 0.3) is 0 Å². The Morgan fingerprint density at radius 1 is 1.25 bits per heavy atom. The topological polar surface area (TPSA) is 18.5 Å². The first-order valence-corrected chi connectivity index (χ1v) is 6.64. The predicted octanol–water partition coefficient (Wildman–Crippen LogP) is 4.05. The molecule has 1 rings (SSSR count). The minimum absolute atomic E-state index is 0.0880. The first-order chi connectivity index (χ1) is 7.70. The third kappa shape index (κ3) is 4.67. The van der Waals surface area contributed by atoms with Crippen molar-refractivity contribution in [2.24, 2.45) is 0 Å². The summed E-state index contributed by atoms with van der Waals surface area (Å²) < 4.78 is 11.5. The van der Waals surface area contributed by atoms with Crippen LogP contribution in [0.3, 0.4) is 0 Å². The van der Waals surface area contributed by atoms with Gasteiger partial charge in [-0.3, -0.25) is 0 Å². The SMILES string of the molecule is C=CC1COC(C)(CCCCCCCC)O1. The average molecular weight is 226 g/mol. The molecule has 2 unspecified atom stereocenters. The average Bonchev–Trinajstić information content (AvgIpc) is 2.66. The second-order valence-electron chi connectivity index (χ2n) is 4.85. The first kappa shape index (κ1) is 13.7. The molecule has 0 aliphatic carbocycles. The Morgan fingerprint density at radius 2 is 1.94 bits per heavy atom. The van der Waals surface area contributed by atoms with Gasteiger partial charge in [-0.15, -0.1) is 6.58 Å². The van der Waals surface area contributed by atoms with Crippen LogP contribution in [0.1, 0.15) is 58.8 Å². The van der Waals surface area contributed by atoms with Crippen molar-refractivity contribution in [3.8, 4) is 0 Å². The van der Waals surface area contributed by atoms with Crippen LogP contribution < -0.4 is 0 Å². The molecule has 1 fully saturated rings. The summed E-state index contributed by atoms with van der Waals surface area (Å²) in [7, 11) is 0. The van der Waals surface area contributed by atoms with Crippen molar-refractivity contribution in [1.29, 1.82) is 0 Å². The van der Waals surface area contributed by atoms with E-state index in [4.69, 9.17) is 9.47 Å². The molecule has 0 N–H and O–H groups in total. The van der Waals surface area contributed by atoms with Crippen molar-refractivity contribution in [3.63, 3.8) is 0 Å². The van der Waals surface area contributed by atoms with Crippen LogP contribution >= 0.6 is 0 Å². The molecule has 0 aromatic carbocycles. The monoisotopic (exact) mass is 226 g/mol. The number of ether oxygens (including phenoxy) is 2. The molecule has 1 aliphatic heterocycles. The van der Waals surface area contributed by atoms with Crippen LogP contribution in [0, 0.1) is 0 Å². The molecule has 94 valence electrons. The first-order valence-electron chi connectivity index (χ1n) is 6.64. The van der Waals surface area contributed by atoms with Crippen LogP contribution in [-0.4, -0.2) is 18.5 Å². The molecule has 2 atom stereocenters. The lowest BCUT2D eigenvalue weighted by Crippen LogP contribution is -2.26. The van der Waals surface area contributed by atoms with E-state index in [1.807, 2.05) is 13.0 Å². The second kappa shape index (κ2) is 7.08. The van der Waals surface area contributed by atoms with Gasteiger partial charge in [0.1, 0.15) is 6.10 Å². The van der Waals surface area contributed by atoms with E-state index in [0.717, 1.165) is 6.42 Å². The van der Waals surface area contributed by atoms with Gasteiger partial charge in [0.2, 0.25) is 0 Å². The van der Waals surface area contributed by atoms with Gasteiger partial charge in [-0.1, -0.05) is 45.1 Å². The summed E-state index contributed by atoms with van der Waals surface area (Å²) >= 11 is 0. The zero-order valence-electron chi connectivity index (χ0n) is 10.8. The quantitative estimate of drug-likeness (QED) is 0.459. The summed E-state index contributed by atoms with van der Waals surface area (Å²) in [6, 6.07) is 0. The maximum absolute atomic E-state index is 5.79. The van der Waals surface area contributed by atoms with Crippen LogP contribution in [0.25, 0.3) is 0 Å². The van der Waals surface area contributed by atoms with Gasteiger partial charge < -0.3 is 9.47 Å². The molecule has 0 radical (unpaired) electrons. The highest BCUT2D eigenvalue weighted by Crippen LogP contribution is 2.29. The summed E-state index contributed by atoms with van der Waals surface area (Å²) in [6.07, 6.45) is 10.8. The maximum atomic E-state index is 5.79. The fraction of sp³-hybridized carbons (Fsp3) is 0.857. The lowest BCUT2D eigenvalue weighted by molar-refractivity contribution is -0.154. The molecule has 0 aromatic rings. The molecule has 2 heteroatoms. The summed E-state index contributed by atoms with van der Waals surface area (Å²) in [5.41, 5.74) is 0. The molecular formula is C14H26O2. The van der Waals surface area contributed by atoms with Crippen molar-refractivity contribution in [2.75, 3.05) is 6.61 Å². The van der Waals surface area contributed by atoms with E-state index in [0.29, 0.717) is 6.61 Å². The second-order valence-corrected chi connectivity index (χ2v) is 4.85. The van der Waals surface area contributed by atoms with E-state index in [-0.39, 0.29) is 11.9 Å². The Bertz CT molecular complexity index is 203. The van der Waals surface area contributed by atoms with E-state index < -0.39 is 0 Å². The van der Waals surface area contributed by atoms with Gasteiger partial charge >= 0.3 is 0 Å². The van der Waals surface area contributed by atoms with E-state index in [1.54, 1.807) is 0 Å². The Kier molecular flexibility index (Phi) is 6.07. The van der Waals surface area contributed by atoms with Gasteiger partial charge in [-0.25, -0.2) is 0 Å². The predicted molar refractivity (Wildman–Crippen MR) is 67.4 cm³/mol. The number of unbranched alkanes of at least 4 members (excludes halogenated alkanes) is 5. The van der Waals surface area contributed by atoms with Gasteiger partial charge in [0.15, 0.2) is 5.79 Å². The zero-order chi connectivity index (χ0) is 11.9. The van der Waals surface area contributed by atoms with Crippen molar-refractivity contribution in [2.45, 2.75) is 70.7 Å². The number of hydrogen-bond donors (Lipinski definition) is 0. The molecule has 0 bridgehead atoms. The molecule has 0 amide bonds. The molecule has 2 nitrogen and oxygen atoms in total. The fourth-order valence-electron chi connectivity index (χ4n) is 2.12. The summed E-state index contributed by atoms with van der Waals surface area (Å²) in [4.78, 5) is 0. The van der Waals surface area contributed by atoms with Crippen LogP contribution in [0.5, 0.6) is 0 Å². The Morgan fingerprint density at radius 3 is 2.56 bits per heavy atom. The molecule has 0 saturated carbocycles. The van der Waals surface area contributed by atoms with Crippen molar-refractivity contribution >= 4 is 0 Å². The molecule has 1 saturated heterocycles. The van der Waals surface area contributed by atoms with Crippen molar-refractivity contribution in [3.05, 3.63) is 12.7 Å². The van der Waals surface area contributed by atoms with Crippen LogP contribution in [-0.2, 0) is 9.47 Å². The normalized spacial score (nSPS) is 29.5. The van der Waals surface area contributed by atoms with Gasteiger partial charge in [0, 0.05) is 6.42 Å². The smallest absolute Gasteiger partial charge is 0.166 e. The van der Waals surface area contributed by atoms with Crippen molar-refractivity contribution in [1.82, 2.24) is 0 Å². The standard InChI is InChI=1S/C14H26O2/c1-4-6-7-8-9-10-11-14(3)15-12-13(5-2)16-14/h5,13H,2,4,6-12H2,1,3H3. The molecule has 0 spiro atoms. The summed E-state index contributed by atoms with van der Waals surface area (Å²) in [6.45, 7) is 8.69. The Balaban J connectivity index is 2.06. The third-order valence-electron chi connectivity index (χ3n) is 3.20. The number of rotatable bonds is 8. The van der Waals surface area contributed by atoms with Gasteiger partial charge in [0.05, 0.1) is 6.61 Å². The van der Waals surface area contributed by atoms with Crippen LogP contribution in [0.2, 0.25) is 0 Å². The van der Waals surface area contributed by atoms with Crippen LogP contribution in [0.4, 0.5) is 0 Å². The maximum Gasteiger partial charge on any atom is 0.166 e. The molecule has 16 heavy (non-hydrogen) atoms. The zero-order valence-corrected chi connectivity index (χ0v) is 10.8. The minimum Gasteiger partial charge on any atom is -0.347 e. The molecule has 1 heterocycles. The van der Waals surface area contributed by atoms with E-state index in [2.05, 4.69) is 13.5 Å². The van der Waals surface area contributed by atoms with Crippen molar-refractivity contribution < 1.29 is 9.47 Å². The van der Waals surface area contributed by atoms with E-state index in [1.165, 1.54) is 38.5 Å². The molecular weight excluding hydrogens is 200 g/mol. The van der Waals surface area contributed by atoms with E-state index >= 15 is 0 Å².